The van der Waals surface area contributed by atoms with Gasteiger partial charge < -0.3 is 15.0 Å². The molecule has 0 unspecified atom stereocenters. The molecule has 1 heterocycles. The zero-order valence-electron chi connectivity index (χ0n) is 11.8. The van der Waals surface area contributed by atoms with Gasteiger partial charge in [0, 0.05) is 20.2 Å². The molecule has 0 saturated heterocycles. The molecule has 0 fully saturated rings. The van der Waals surface area contributed by atoms with Crippen LogP contribution in [0.15, 0.2) is 24.3 Å². The van der Waals surface area contributed by atoms with Gasteiger partial charge in [-0.3, -0.25) is 4.79 Å². The van der Waals surface area contributed by atoms with E-state index < -0.39 is 0 Å². The monoisotopic (exact) mass is 263 g/mol. The molecule has 1 aliphatic heterocycles. The Balaban J connectivity index is 1.85. The summed E-state index contributed by atoms with van der Waals surface area (Å²) in [4.78, 5) is 14.1. The fraction of sp³-hybridized carbons (Fsp3) is 0.533. The number of quaternary nitrogens is 1. The maximum absolute atomic E-state index is 12.2. The highest BCUT2D eigenvalue weighted by molar-refractivity contribution is 5.77. The number of nitrogens with zero attached hydrogens (tertiary/aromatic N) is 1. The summed E-state index contributed by atoms with van der Waals surface area (Å²) in [6.45, 7) is 4.84. The Morgan fingerprint density at radius 3 is 2.89 bits per heavy atom. The van der Waals surface area contributed by atoms with Crippen LogP contribution in [-0.2, 0) is 22.5 Å². The number of ether oxygens (including phenoxy) is 1. The van der Waals surface area contributed by atoms with Gasteiger partial charge in [0.05, 0.1) is 6.61 Å². The molecule has 0 radical (unpaired) electrons. The molecule has 2 rings (SSSR count). The lowest BCUT2D eigenvalue weighted by atomic mass is 10.00. The molecule has 0 bridgehead atoms. The van der Waals surface area contributed by atoms with Crippen LogP contribution in [0.4, 0.5) is 0 Å². The normalized spacial score (nSPS) is 16.0. The number of benzene rings is 1. The maximum Gasteiger partial charge on any atom is 0.278 e. The smallest absolute Gasteiger partial charge is 0.278 e. The van der Waals surface area contributed by atoms with E-state index in [2.05, 4.69) is 25.1 Å². The number of nitrogens with two attached hydrogens (primary N) is 1. The van der Waals surface area contributed by atoms with Crippen LogP contribution < -0.4 is 5.32 Å². The predicted molar refractivity (Wildman–Crippen MR) is 73.7 cm³/mol. The molecular formula is C15H23N2O2+. The molecule has 1 atom stereocenters. The van der Waals surface area contributed by atoms with Crippen molar-refractivity contribution in [3.63, 3.8) is 0 Å². The van der Waals surface area contributed by atoms with E-state index in [1.807, 2.05) is 16.3 Å². The molecule has 1 amide bonds. The maximum atomic E-state index is 12.2. The van der Waals surface area contributed by atoms with Gasteiger partial charge in [0.2, 0.25) is 0 Å². The highest BCUT2D eigenvalue weighted by Crippen LogP contribution is 2.17. The molecule has 0 aliphatic carbocycles. The Morgan fingerprint density at radius 2 is 2.16 bits per heavy atom. The van der Waals surface area contributed by atoms with Gasteiger partial charge in [0.1, 0.15) is 6.04 Å². The van der Waals surface area contributed by atoms with Crippen molar-refractivity contribution in [3.8, 4) is 0 Å². The minimum atomic E-state index is 0.220. The third-order valence-corrected chi connectivity index (χ3v) is 3.61. The van der Waals surface area contributed by atoms with E-state index in [0.29, 0.717) is 19.2 Å². The van der Waals surface area contributed by atoms with Crippen LogP contribution >= 0.6 is 0 Å². The second-order valence-electron chi connectivity index (χ2n) is 5.21. The number of amides is 1. The van der Waals surface area contributed by atoms with Crippen LogP contribution in [0.1, 0.15) is 18.1 Å². The quantitative estimate of drug-likeness (QED) is 0.823. The van der Waals surface area contributed by atoms with E-state index >= 15 is 0 Å². The van der Waals surface area contributed by atoms with Crippen molar-refractivity contribution in [2.24, 2.45) is 0 Å². The van der Waals surface area contributed by atoms with Crippen LogP contribution in [0.5, 0.6) is 0 Å². The summed E-state index contributed by atoms with van der Waals surface area (Å²) in [5, 5.41) is 2.05. The standard InChI is InChI=1S/C15H22N2O2/c1-12(11-19-2)16-9-15(18)17-8-7-13-5-3-4-6-14(13)10-17/h3-6,12,16H,7-11H2,1-2H3/p+1/t12-/m1/s1. The van der Waals surface area contributed by atoms with Gasteiger partial charge in [-0.1, -0.05) is 24.3 Å². The van der Waals surface area contributed by atoms with Crippen LogP contribution in [0.25, 0.3) is 0 Å². The molecule has 4 nitrogen and oxygen atoms in total. The first-order chi connectivity index (χ1) is 9.20. The summed E-state index contributed by atoms with van der Waals surface area (Å²) in [5.74, 6) is 0.220. The minimum absolute atomic E-state index is 0.220. The first-order valence-corrected chi connectivity index (χ1v) is 6.87. The average molecular weight is 263 g/mol. The third-order valence-electron chi connectivity index (χ3n) is 3.61. The summed E-state index contributed by atoms with van der Waals surface area (Å²) in [5.41, 5.74) is 2.66. The molecule has 19 heavy (non-hydrogen) atoms. The van der Waals surface area contributed by atoms with Gasteiger partial charge >= 0.3 is 0 Å². The topological polar surface area (TPSA) is 46.1 Å². The average Bonchev–Trinajstić information content (AvgIpc) is 2.44. The molecule has 104 valence electrons. The number of carbonyl (C=O) groups is 1. The van der Waals surface area contributed by atoms with Crippen molar-refractivity contribution < 1.29 is 14.8 Å². The Bertz CT molecular complexity index is 434. The van der Waals surface area contributed by atoms with E-state index in [1.165, 1.54) is 11.1 Å². The van der Waals surface area contributed by atoms with Gasteiger partial charge in [0.25, 0.3) is 5.91 Å². The van der Waals surface area contributed by atoms with Crippen molar-refractivity contribution in [2.45, 2.75) is 25.9 Å². The number of rotatable bonds is 5. The molecule has 0 saturated carbocycles. The number of hydrogen-bond acceptors (Lipinski definition) is 2. The van der Waals surface area contributed by atoms with Crippen molar-refractivity contribution in [1.82, 2.24) is 4.90 Å². The summed E-state index contributed by atoms with van der Waals surface area (Å²) in [6, 6.07) is 8.71. The van der Waals surface area contributed by atoms with E-state index in [-0.39, 0.29) is 5.91 Å². The third kappa shape index (κ3) is 3.78. The first kappa shape index (κ1) is 14.0. The number of hydrogen-bond donors (Lipinski definition) is 1. The number of methoxy groups -OCH3 is 1. The second-order valence-corrected chi connectivity index (χ2v) is 5.21. The highest BCUT2D eigenvalue weighted by atomic mass is 16.5. The summed E-state index contributed by atoms with van der Waals surface area (Å²) >= 11 is 0. The first-order valence-electron chi connectivity index (χ1n) is 6.87. The van der Waals surface area contributed by atoms with Gasteiger partial charge in [0.15, 0.2) is 6.54 Å². The van der Waals surface area contributed by atoms with E-state index in [4.69, 9.17) is 4.74 Å². The molecular weight excluding hydrogens is 240 g/mol. The Hall–Kier alpha value is -1.39. The Morgan fingerprint density at radius 1 is 1.42 bits per heavy atom. The van der Waals surface area contributed by atoms with Crippen molar-refractivity contribution >= 4 is 5.91 Å². The van der Waals surface area contributed by atoms with Crippen LogP contribution in [0.3, 0.4) is 0 Å². The lowest BCUT2D eigenvalue weighted by Gasteiger charge is -2.28. The summed E-state index contributed by atoms with van der Waals surface area (Å²) < 4.78 is 5.07. The van der Waals surface area contributed by atoms with Crippen molar-refractivity contribution in [3.05, 3.63) is 35.4 Å². The van der Waals surface area contributed by atoms with Crippen molar-refractivity contribution in [1.29, 1.82) is 0 Å². The zero-order valence-corrected chi connectivity index (χ0v) is 11.8. The SMILES string of the molecule is COC[C@@H](C)[NH2+]CC(=O)N1CCc2ccccc2C1. The molecule has 2 N–H and O–H groups in total. The molecule has 1 aromatic rings. The lowest BCUT2D eigenvalue weighted by Crippen LogP contribution is -2.92. The van der Waals surface area contributed by atoms with Gasteiger partial charge in [-0.2, -0.15) is 0 Å². The van der Waals surface area contributed by atoms with Crippen LogP contribution in [0.2, 0.25) is 0 Å². The summed E-state index contributed by atoms with van der Waals surface area (Å²) in [6.07, 6.45) is 0.968. The molecule has 1 aliphatic rings. The fourth-order valence-electron chi connectivity index (χ4n) is 2.47. The zero-order chi connectivity index (χ0) is 13.7. The number of fused-ring (bicyclic) bond motifs is 1. The van der Waals surface area contributed by atoms with Gasteiger partial charge in [-0.15, -0.1) is 0 Å². The molecule has 1 aromatic carbocycles. The molecule has 0 aromatic heterocycles. The fourth-order valence-corrected chi connectivity index (χ4v) is 2.47. The van der Waals surface area contributed by atoms with Crippen LogP contribution in [0, 0.1) is 0 Å². The van der Waals surface area contributed by atoms with E-state index in [9.17, 15) is 4.79 Å². The summed E-state index contributed by atoms with van der Waals surface area (Å²) in [7, 11) is 1.69. The second kappa shape index (κ2) is 6.68. The van der Waals surface area contributed by atoms with E-state index in [0.717, 1.165) is 19.5 Å². The molecule has 0 spiro atoms. The van der Waals surface area contributed by atoms with E-state index in [1.54, 1.807) is 7.11 Å². The van der Waals surface area contributed by atoms with Crippen molar-refractivity contribution in [2.75, 3.05) is 26.8 Å². The Labute approximate surface area is 114 Å². The minimum Gasteiger partial charge on any atom is -0.379 e. The van der Waals surface area contributed by atoms with Crippen LogP contribution in [-0.4, -0.2) is 43.7 Å². The molecule has 4 heteroatoms. The predicted octanol–water partition coefficient (Wildman–Crippen LogP) is 0.170. The highest BCUT2D eigenvalue weighted by Gasteiger charge is 2.21. The lowest BCUT2D eigenvalue weighted by molar-refractivity contribution is -0.678. The Kier molecular flexibility index (Phi) is 4.93. The number of carbonyl (C=O) groups excluding carboxylic acids is 1. The van der Waals surface area contributed by atoms with Gasteiger partial charge in [-0.25, -0.2) is 0 Å². The van der Waals surface area contributed by atoms with Gasteiger partial charge in [-0.05, 0) is 24.5 Å². The largest absolute Gasteiger partial charge is 0.379 e.